The molecule has 0 radical (unpaired) electrons. The Kier molecular flexibility index (Phi) is 4.55. The number of amides is 1. The normalized spacial score (nSPS) is 10.7. The van der Waals surface area contributed by atoms with Crippen LogP contribution in [0.2, 0.25) is 0 Å². The minimum Gasteiger partial charge on any atom is -0.465 e. The number of aromatic nitrogens is 2. The molecule has 22 heavy (non-hydrogen) atoms. The first-order valence-electron chi connectivity index (χ1n) is 6.82. The third kappa shape index (κ3) is 3.30. The van der Waals surface area contributed by atoms with Crippen LogP contribution in [-0.4, -0.2) is 28.4 Å². The van der Waals surface area contributed by atoms with Crippen LogP contribution in [0, 0.1) is 5.92 Å². The van der Waals surface area contributed by atoms with Gasteiger partial charge in [0.15, 0.2) is 0 Å². The number of hydrogen-bond donors (Lipinski definition) is 1. The van der Waals surface area contributed by atoms with Gasteiger partial charge in [-0.05, 0) is 18.1 Å². The molecule has 0 atom stereocenters. The van der Waals surface area contributed by atoms with E-state index in [1.54, 1.807) is 0 Å². The maximum atomic E-state index is 12.4. The number of nitrogens with zero attached hydrogens (tertiary/aromatic N) is 2. The molecule has 2 rings (SSSR count). The quantitative estimate of drug-likeness (QED) is 0.864. The van der Waals surface area contributed by atoms with Crippen LogP contribution < -0.4 is 10.9 Å². The molecular weight excluding hydrogens is 286 g/mol. The fraction of sp³-hybridized carbons (Fsp3) is 0.333. The van der Waals surface area contributed by atoms with Crippen molar-refractivity contribution in [2.24, 2.45) is 5.92 Å². The lowest BCUT2D eigenvalue weighted by molar-refractivity contribution is -0.116. The Morgan fingerprint density at radius 2 is 2.09 bits per heavy atom. The van der Waals surface area contributed by atoms with Crippen LogP contribution >= 0.6 is 0 Å². The number of carbonyl (C=O) groups excluding carboxylic acids is 2. The van der Waals surface area contributed by atoms with Crippen molar-refractivity contribution in [2.75, 3.05) is 12.4 Å². The van der Waals surface area contributed by atoms with Gasteiger partial charge < -0.3 is 10.1 Å². The first-order valence-corrected chi connectivity index (χ1v) is 6.82. The van der Waals surface area contributed by atoms with Gasteiger partial charge in [-0.2, -0.15) is 0 Å². The molecular formula is C15H17N3O4. The van der Waals surface area contributed by atoms with Gasteiger partial charge in [-0.3, -0.25) is 14.0 Å². The highest BCUT2D eigenvalue weighted by Gasteiger charge is 2.12. The minimum atomic E-state index is -0.553. The Bertz CT molecular complexity index is 780. The fourth-order valence-corrected chi connectivity index (χ4v) is 1.97. The molecule has 1 amide bonds. The number of esters is 1. The van der Waals surface area contributed by atoms with E-state index >= 15 is 0 Å². The number of carbonyl (C=O) groups is 2. The number of ether oxygens (including phenoxy) is 1. The van der Waals surface area contributed by atoms with Gasteiger partial charge in [0.2, 0.25) is 5.91 Å². The van der Waals surface area contributed by atoms with Crippen molar-refractivity contribution in [3.8, 4) is 0 Å². The molecule has 2 heterocycles. The van der Waals surface area contributed by atoms with E-state index in [0.29, 0.717) is 12.1 Å². The van der Waals surface area contributed by atoms with Gasteiger partial charge >= 0.3 is 5.97 Å². The van der Waals surface area contributed by atoms with Crippen molar-refractivity contribution in [1.29, 1.82) is 0 Å². The second-order valence-electron chi connectivity index (χ2n) is 5.26. The number of anilines is 1. The molecule has 0 aliphatic carbocycles. The van der Waals surface area contributed by atoms with Crippen molar-refractivity contribution in [3.63, 3.8) is 0 Å². The number of nitrogens with one attached hydrogen (secondary N) is 1. The Morgan fingerprint density at radius 1 is 1.36 bits per heavy atom. The molecule has 7 heteroatoms. The number of fused-ring (bicyclic) bond motifs is 1. The lowest BCUT2D eigenvalue weighted by atomic mass is 10.1. The van der Waals surface area contributed by atoms with E-state index < -0.39 is 11.5 Å². The summed E-state index contributed by atoms with van der Waals surface area (Å²) in [6, 6.07) is 3.05. The Hall–Kier alpha value is -2.70. The molecule has 0 aliphatic heterocycles. The van der Waals surface area contributed by atoms with E-state index in [9.17, 15) is 14.4 Å². The third-order valence-corrected chi connectivity index (χ3v) is 2.99. The molecule has 2 aromatic rings. The summed E-state index contributed by atoms with van der Waals surface area (Å²) >= 11 is 0. The highest BCUT2D eigenvalue weighted by atomic mass is 16.5. The van der Waals surface area contributed by atoms with Crippen LogP contribution in [-0.2, 0) is 9.53 Å². The molecule has 0 saturated carbocycles. The molecule has 0 saturated heterocycles. The molecule has 0 fully saturated rings. The molecule has 0 aliphatic rings. The maximum absolute atomic E-state index is 12.4. The maximum Gasteiger partial charge on any atom is 0.339 e. The molecule has 0 bridgehead atoms. The third-order valence-electron chi connectivity index (χ3n) is 2.99. The van der Waals surface area contributed by atoms with E-state index in [1.165, 1.54) is 36.0 Å². The Labute approximate surface area is 126 Å². The van der Waals surface area contributed by atoms with Crippen LogP contribution in [0.1, 0.15) is 30.6 Å². The lowest BCUT2D eigenvalue weighted by Crippen LogP contribution is -2.24. The topological polar surface area (TPSA) is 89.8 Å². The van der Waals surface area contributed by atoms with Crippen LogP contribution in [0.25, 0.3) is 5.65 Å². The summed E-state index contributed by atoms with van der Waals surface area (Å²) in [5, 5.41) is 2.55. The highest BCUT2D eigenvalue weighted by Crippen LogP contribution is 2.08. The van der Waals surface area contributed by atoms with Gasteiger partial charge in [-0.1, -0.05) is 13.8 Å². The molecule has 1 N–H and O–H groups in total. The first kappa shape index (κ1) is 15.7. The predicted molar refractivity (Wildman–Crippen MR) is 80.9 cm³/mol. The number of pyridine rings is 1. The number of hydrogen-bond acceptors (Lipinski definition) is 5. The average Bonchev–Trinajstić information content (AvgIpc) is 2.48. The van der Waals surface area contributed by atoms with Crippen molar-refractivity contribution in [2.45, 2.75) is 20.3 Å². The van der Waals surface area contributed by atoms with E-state index in [2.05, 4.69) is 15.0 Å². The van der Waals surface area contributed by atoms with E-state index in [0.717, 1.165) is 0 Å². The molecule has 0 unspecified atom stereocenters. The first-order chi connectivity index (χ1) is 10.4. The number of rotatable bonds is 4. The second kappa shape index (κ2) is 6.38. The van der Waals surface area contributed by atoms with E-state index in [-0.39, 0.29) is 23.1 Å². The summed E-state index contributed by atoms with van der Waals surface area (Å²) in [4.78, 5) is 39.8. The summed E-state index contributed by atoms with van der Waals surface area (Å²) in [5.74, 6) is -0.622. The Morgan fingerprint density at radius 3 is 2.73 bits per heavy atom. The van der Waals surface area contributed by atoms with Crippen LogP contribution in [0.15, 0.2) is 29.3 Å². The number of methoxy groups -OCH3 is 1. The lowest BCUT2D eigenvalue weighted by Gasteiger charge is -2.08. The van der Waals surface area contributed by atoms with Crippen LogP contribution in [0.4, 0.5) is 5.69 Å². The van der Waals surface area contributed by atoms with Gasteiger partial charge in [-0.25, -0.2) is 9.78 Å². The molecule has 7 nitrogen and oxygen atoms in total. The average molecular weight is 303 g/mol. The SMILES string of the molecule is COC(=O)c1ccc2ncc(NC(=O)CC(C)C)c(=O)n2c1. The zero-order valence-corrected chi connectivity index (χ0v) is 12.6. The van der Waals surface area contributed by atoms with Gasteiger partial charge in [0.05, 0.1) is 18.9 Å². The van der Waals surface area contributed by atoms with Gasteiger partial charge in [0.25, 0.3) is 5.56 Å². The minimum absolute atomic E-state index is 0.0742. The molecule has 116 valence electrons. The zero-order chi connectivity index (χ0) is 16.3. The van der Waals surface area contributed by atoms with Gasteiger partial charge in [0, 0.05) is 12.6 Å². The molecule has 2 aromatic heterocycles. The van der Waals surface area contributed by atoms with Crippen molar-refractivity contribution < 1.29 is 14.3 Å². The molecule has 0 aromatic carbocycles. The van der Waals surface area contributed by atoms with Crippen LogP contribution in [0.3, 0.4) is 0 Å². The predicted octanol–water partition coefficient (Wildman–Crippen LogP) is 1.47. The van der Waals surface area contributed by atoms with Crippen LogP contribution in [0.5, 0.6) is 0 Å². The van der Waals surface area contributed by atoms with Gasteiger partial charge in [-0.15, -0.1) is 0 Å². The van der Waals surface area contributed by atoms with E-state index in [1.807, 2.05) is 13.8 Å². The van der Waals surface area contributed by atoms with Gasteiger partial charge in [0.1, 0.15) is 11.3 Å². The summed E-state index contributed by atoms with van der Waals surface area (Å²) in [6.45, 7) is 3.82. The largest absolute Gasteiger partial charge is 0.465 e. The van der Waals surface area contributed by atoms with Crippen molar-refractivity contribution >= 4 is 23.2 Å². The highest BCUT2D eigenvalue weighted by molar-refractivity contribution is 5.91. The summed E-state index contributed by atoms with van der Waals surface area (Å²) in [7, 11) is 1.26. The summed E-state index contributed by atoms with van der Waals surface area (Å²) < 4.78 is 5.82. The molecule has 0 spiro atoms. The fourth-order valence-electron chi connectivity index (χ4n) is 1.97. The summed E-state index contributed by atoms with van der Waals surface area (Å²) in [5.41, 5.74) is 0.224. The monoisotopic (exact) mass is 303 g/mol. The summed E-state index contributed by atoms with van der Waals surface area (Å²) in [6.07, 6.45) is 2.96. The van der Waals surface area contributed by atoms with E-state index in [4.69, 9.17) is 0 Å². The van der Waals surface area contributed by atoms with Crippen molar-refractivity contribution in [3.05, 3.63) is 40.4 Å². The second-order valence-corrected chi connectivity index (χ2v) is 5.26. The standard InChI is InChI=1S/C15H17N3O4/c1-9(2)6-13(19)17-11-7-16-12-5-4-10(15(21)22-3)8-18(12)14(11)20/h4-5,7-9H,6H2,1-3H3,(H,17,19). The zero-order valence-electron chi connectivity index (χ0n) is 12.6. The van der Waals surface area contributed by atoms with Crippen molar-refractivity contribution in [1.82, 2.24) is 9.38 Å². The smallest absolute Gasteiger partial charge is 0.339 e. The Balaban J connectivity index is 2.41.